The van der Waals surface area contributed by atoms with Gasteiger partial charge in [0.2, 0.25) is 5.90 Å². The van der Waals surface area contributed by atoms with E-state index in [1.807, 2.05) is 67.6 Å². The third-order valence-corrected chi connectivity index (χ3v) is 3.37. The lowest BCUT2D eigenvalue weighted by molar-refractivity contribution is -0.129. The van der Waals surface area contributed by atoms with Gasteiger partial charge in [0, 0.05) is 11.6 Å². The second-order valence-corrected chi connectivity index (χ2v) is 5.08. The Labute approximate surface area is 140 Å². The fourth-order valence-electron chi connectivity index (χ4n) is 2.26. The predicted octanol–water partition coefficient (Wildman–Crippen LogP) is 4.09. The molecule has 1 aliphatic rings. The molecule has 2 aromatic carbocycles. The Hall–Kier alpha value is -3.14. The molecule has 0 bridgehead atoms. The summed E-state index contributed by atoms with van der Waals surface area (Å²) in [6, 6.07) is 17.3. The predicted molar refractivity (Wildman–Crippen MR) is 94.6 cm³/mol. The summed E-state index contributed by atoms with van der Waals surface area (Å²) in [4.78, 5) is 16.2. The highest BCUT2D eigenvalue weighted by molar-refractivity contribution is 6.11. The fourth-order valence-corrected chi connectivity index (χ4v) is 2.26. The van der Waals surface area contributed by atoms with E-state index in [1.54, 1.807) is 12.2 Å². The van der Waals surface area contributed by atoms with Gasteiger partial charge < -0.3 is 9.47 Å². The van der Waals surface area contributed by atoms with Crippen LogP contribution in [0.3, 0.4) is 0 Å². The molecule has 0 saturated heterocycles. The Balaban J connectivity index is 1.83. The second kappa shape index (κ2) is 7.42. The molecule has 4 heteroatoms. The average Bonchev–Trinajstić information content (AvgIpc) is 2.96. The van der Waals surface area contributed by atoms with Gasteiger partial charge in [-0.2, -0.15) is 0 Å². The van der Waals surface area contributed by atoms with Gasteiger partial charge in [-0.3, -0.25) is 0 Å². The normalized spacial score (nSPS) is 15.6. The van der Waals surface area contributed by atoms with Crippen LogP contribution in [-0.4, -0.2) is 18.5 Å². The number of esters is 1. The number of para-hydroxylation sites is 1. The third-order valence-electron chi connectivity index (χ3n) is 3.37. The van der Waals surface area contributed by atoms with Crippen LogP contribution >= 0.6 is 0 Å². The second-order valence-electron chi connectivity index (χ2n) is 5.08. The number of carbonyl (C=O) groups is 1. The van der Waals surface area contributed by atoms with Crippen LogP contribution in [0.25, 0.3) is 12.2 Å². The molecular formula is C20H17NO3. The Kier molecular flexibility index (Phi) is 4.87. The Morgan fingerprint density at radius 3 is 2.58 bits per heavy atom. The van der Waals surface area contributed by atoms with Crippen LogP contribution in [0.15, 0.2) is 71.4 Å². The highest BCUT2D eigenvalue weighted by atomic mass is 16.6. The van der Waals surface area contributed by atoms with Gasteiger partial charge >= 0.3 is 5.97 Å². The summed E-state index contributed by atoms with van der Waals surface area (Å²) < 4.78 is 10.7. The van der Waals surface area contributed by atoms with Gasteiger partial charge in [-0.05, 0) is 30.7 Å². The van der Waals surface area contributed by atoms with E-state index in [9.17, 15) is 4.79 Å². The van der Waals surface area contributed by atoms with Gasteiger partial charge in [0.15, 0.2) is 5.70 Å². The summed E-state index contributed by atoms with van der Waals surface area (Å²) >= 11 is 0. The molecule has 0 unspecified atom stereocenters. The van der Waals surface area contributed by atoms with Crippen molar-refractivity contribution in [2.45, 2.75) is 6.92 Å². The molecule has 3 rings (SSSR count). The Morgan fingerprint density at radius 2 is 1.79 bits per heavy atom. The van der Waals surface area contributed by atoms with Gasteiger partial charge in [0.1, 0.15) is 5.75 Å². The van der Waals surface area contributed by atoms with Crippen molar-refractivity contribution in [1.29, 1.82) is 0 Å². The SMILES string of the molecule is CCOc1ccccc1/C=C1N=C(/C=C/c2ccccc2)OC/1=O. The standard InChI is InChI=1S/C20H17NO3/c1-2-23-18-11-7-6-10-16(18)14-17-20(22)24-19(21-17)13-12-15-8-4-3-5-9-15/h3-14H,2H2,1H3/b13-12+,17-14+. The minimum Gasteiger partial charge on any atom is -0.493 e. The molecule has 0 saturated carbocycles. The van der Waals surface area contributed by atoms with Gasteiger partial charge in [-0.1, -0.05) is 48.5 Å². The molecule has 0 aromatic heterocycles. The van der Waals surface area contributed by atoms with Gasteiger partial charge in [-0.25, -0.2) is 9.79 Å². The van der Waals surface area contributed by atoms with Crippen molar-refractivity contribution in [3.05, 3.63) is 77.5 Å². The van der Waals surface area contributed by atoms with E-state index in [0.717, 1.165) is 11.1 Å². The summed E-state index contributed by atoms with van der Waals surface area (Å²) in [7, 11) is 0. The molecule has 24 heavy (non-hydrogen) atoms. The van der Waals surface area contributed by atoms with E-state index in [0.29, 0.717) is 12.4 Å². The van der Waals surface area contributed by atoms with Crippen molar-refractivity contribution in [2.24, 2.45) is 4.99 Å². The van der Waals surface area contributed by atoms with Crippen LogP contribution in [0.2, 0.25) is 0 Å². The van der Waals surface area contributed by atoms with Crippen molar-refractivity contribution < 1.29 is 14.3 Å². The average molecular weight is 319 g/mol. The minimum atomic E-state index is -0.464. The Morgan fingerprint density at radius 1 is 1.04 bits per heavy atom. The van der Waals surface area contributed by atoms with Crippen LogP contribution in [-0.2, 0) is 9.53 Å². The van der Waals surface area contributed by atoms with E-state index in [2.05, 4.69) is 4.99 Å². The van der Waals surface area contributed by atoms with E-state index >= 15 is 0 Å². The maximum atomic E-state index is 12.0. The van der Waals surface area contributed by atoms with E-state index in [1.165, 1.54) is 0 Å². The molecule has 120 valence electrons. The minimum absolute atomic E-state index is 0.259. The largest absolute Gasteiger partial charge is 0.493 e. The quantitative estimate of drug-likeness (QED) is 0.616. The summed E-state index contributed by atoms with van der Waals surface area (Å²) in [6.07, 6.45) is 5.21. The van der Waals surface area contributed by atoms with Crippen molar-refractivity contribution in [2.75, 3.05) is 6.61 Å². The first kappa shape index (κ1) is 15.7. The molecule has 4 nitrogen and oxygen atoms in total. The third kappa shape index (κ3) is 3.79. The van der Waals surface area contributed by atoms with E-state index < -0.39 is 5.97 Å². The fraction of sp³-hybridized carbons (Fsp3) is 0.100. The lowest BCUT2D eigenvalue weighted by Gasteiger charge is -2.06. The van der Waals surface area contributed by atoms with Crippen LogP contribution in [0.4, 0.5) is 0 Å². The summed E-state index contributed by atoms with van der Waals surface area (Å²) in [5.74, 6) is 0.529. The zero-order valence-electron chi connectivity index (χ0n) is 13.3. The molecule has 0 amide bonds. The number of hydrogen-bond acceptors (Lipinski definition) is 4. The maximum Gasteiger partial charge on any atom is 0.363 e. The highest BCUT2D eigenvalue weighted by Crippen LogP contribution is 2.23. The van der Waals surface area contributed by atoms with Gasteiger partial charge in [0.05, 0.1) is 6.61 Å². The first-order valence-corrected chi connectivity index (χ1v) is 7.74. The van der Waals surface area contributed by atoms with Gasteiger partial charge in [-0.15, -0.1) is 0 Å². The zero-order valence-corrected chi connectivity index (χ0v) is 13.3. The molecule has 0 radical (unpaired) electrons. The lowest BCUT2D eigenvalue weighted by Crippen LogP contribution is -2.01. The van der Waals surface area contributed by atoms with Crippen molar-refractivity contribution in [3.8, 4) is 5.75 Å². The van der Waals surface area contributed by atoms with Crippen molar-refractivity contribution in [3.63, 3.8) is 0 Å². The van der Waals surface area contributed by atoms with E-state index in [4.69, 9.17) is 9.47 Å². The number of aliphatic imine (C=N–C) groups is 1. The molecule has 0 spiro atoms. The molecule has 0 fully saturated rings. The first-order chi connectivity index (χ1) is 11.8. The molecule has 0 aliphatic carbocycles. The molecule has 2 aromatic rings. The smallest absolute Gasteiger partial charge is 0.363 e. The zero-order chi connectivity index (χ0) is 16.8. The maximum absolute atomic E-state index is 12.0. The molecular weight excluding hydrogens is 302 g/mol. The van der Waals surface area contributed by atoms with E-state index in [-0.39, 0.29) is 11.6 Å². The molecule has 0 N–H and O–H groups in total. The number of ether oxygens (including phenoxy) is 2. The Bertz CT molecular complexity index is 820. The number of cyclic esters (lactones) is 1. The summed E-state index contributed by atoms with van der Waals surface area (Å²) in [5, 5.41) is 0. The monoisotopic (exact) mass is 319 g/mol. The molecule has 1 heterocycles. The van der Waals surface area contributed by atoms with Crippen molar-refractivity contribution in [1.82, 2.24) is 0 Å². The lowest BCUT2D eigenvalue weighted by atomic mass is 10.1. The summed E-state index contributed by atoms with van der Waals surface area (Å²) in [6.45, 7) is 2.47. The highest BCUT2D eigenvalue weighted by Gasteiger charge is 2.21. The van der Waals surface area contributed by atoms with Crippen LogP contribution in [0.5, 0.6) is 5.75 Å². The van der Waals surface area contributed by atoms with Crippen LogP contribution < -0.4 is 4.74 Å². The van der Waals surface area contributed by atoms with Gasteiger partial charge in [0.25, 0.3) is 0 Å². The number of carbonyl (C=O) groups excluding carboxylic acids is 1. The number of rotatable bonds is 5. The number of hydrogen-bond donors (Lipinski definition) is 0. The van der Waals surface area contributed by atoms with Crippen LogP contribution in [0, 0.1) is 0 Å². The molecule has 0 atom stereocenters. The van der Waals surface area contributed by atoms with Crippen molar-refractivity contribution >= 4 is 24.0 Å². The molecule has 1 aliphatic heterocycles. The topological polar surface area (TPSA) is 47.9 Å². The number of benzene rings is 2. The summed E-state index contributed by atoms with van der Waals surface area (Å²) in [5.41, 5.74) is 2.06. The van der Waals surface area contributed by atoms with Crippen LogP contribution in [0.1, 0.15) is 18.1 Å². The number of nitrogens with zero attached hydrogens (tertiary/aromatic N) is 1. The first-order valence-electron chi connectivity index (χ1n) is 7.74.